The molecule has 1 saturated heterocycles. The minimum Gasteiger partial charge on any atom is -0.469 e. The number of hydrogen-bond donors (Lipinski definition) is 1. The zero-order valence-corrected chi connectivity index (χ0v) is 12.3. The van der Waals surface area contributed by atoms with Crippen molar-refractivity contribution in [1.82, 2.24) is 4.90 Å². The number of hydrogen-bond acceptors (Lipinski definition) is 4. The molecule has 20 heavy (non-hydrogen) atoms. The van der Waals surface area contributed by atoms with E-state index in [0.29, 0.717) is 6.42 Å². The van der Waals surface area contributed by atoms with Gasteiger partial charge in [-0.2, -0.15) is 0 Å². The number of carbonyl (C=O) groups excluding carboxylic acids is 2. The van der Waals surface area contributed by atoms with E-state index in [0.717, 1.165) is 51.5 Å². The van der Waals surface area contributed by atoms with Crippen molar-refractivity contribution in [2.75, 3.05) is 13.7 Å². The first kappa shape index (κ1) is 15.3. The number of piperidine rings is 1. The summed E-state index contributed by atoms with van der Waals surface area (Å²) >= 11 is 0. The van der Waals surface area contributed by atoms with Crippen molar-refractivity contribution in [3.63, 3.8) is 0 Å². The molecule has 114 valence electrons. The van der Waals surface area contributed by atoms with Crippen molar-refractivity contribution in [1.29, 1.82) is 0 Å². The minimum absolute atomic E-state index is 0.0271. The van der Waals surface area contributed by atoms with Crippen LogP contribution in [0.4, 0.5) is 0 Å². The zero-order valence-electron chi connectivity index (χ0n) is 12.3. The summed E-state index contributed by atoms with van der Waals surface area (Å²) in [5.74, 6) is 0.110. The highest BCUT2D eigenvalue weighted by Crippen LogP contribution is 2.29. The Morgan fingerprint density at radius 2 is 1.85 bits per heavy atom. The van der Waals surface area contributed by atoms with E-state index < -0.39 is 0 Å². The molecule has 0 spiro atoms. The van der Waals surface area contributed by atoms with Gasteiger partial charge in [-0.3, -0.25) is 9.59 Å². The Balaban J connectivity index is 1.96. The van der Waals surface area contributed by atoms with Crippen LogP contribution < -0.4 is 5.73 Å². The molecule has 1 unspecified atom stereocenters. The molecule has 0 aromatic carbocycles. The molecular formula is C15H26N2O3. The van der Waals surface area contributed by atoms with Crippen molar-refractivity contribution in [3.8, 4) is 0 Å². The van der Waals surface area contributed by atoms with Crippen LogP contribution in [-0.2, 0) is 14.3 Å². The van der Waals surface area contributed by atoms with E-state index >= 15 is 0 Å². The van der Waals surface area contributed by atoms with Crippen LogP contribution in [0.2, 0.25) is 0 Å². The van der Waals surface area contributed by atoms with E-state index in [2.05, 4.69) is 0 Å². The number of nitrogens with two attached hydrogens (primary N) is 1. The summed E-state index contributed by atoms with van der Waals surface area (Å²) in [6.07, 6.45) is 7.01. The van der Waals surface area contributed by atoms with E-state index in [1.165, 1.54) is 7.11 Å². The predicted octanol–water partition coefficient (Wildman–Crippen LogP) is 1.45. The van der Waals surface area contributed by atoms with Gasteiger partial charge < -0.3 is 15.4 Å². The quantitative estimate of drug-likeness (QED) is 0.795. The second kappa shape index (κ2) is 7.07. The zero-order chi connectivity index (χ0) is 14.5. The lowest BCUT2D eigenvalue weighted by molar-refractivity contribution is -0.146. The van der Waals surface area contributed by atoms with Gasteiger partial charge in [0.25, 0.3) is 0 Å². The predicted molar refractivity (Wildman–Crippen MR) is 75.9 cm³/mol. The van der Waals surface area contributed by atoms with Crippen molar-refractivity contribution in [3.05, 3.63) is 0 Å². The molecule has 1 saturated carbocycles. The molecule has 2 aliphatic rings. The lowest BCUT2D eigenvalue weighted by atomic mass is 9.84. The normalized spacial score (nSPS) is 30.9. The fourth-order valence-electron chi connectivity index (χ4n) is 3.38. The summed E-state index contributed by atoms with van der Waals surface area (Å²) in [5, 5.41) is 0. The van der Waals surface area contributed by atoms with Gasteiger partial charge in [0.1, 0.15) is 0 Å². The highest BCUT2D eigenvalue weighted by molar-refractivity contribution is 5.80. The van der Waals surface area contributed by atoms with Crippen molar-refractivity contribution in [2.45, 2.75) is 63.5 Å². The number of nitrogens with zero attached hydrogens (tertiary/aromatic N) is 1. The standard InChI is InChI=1S/C15H26N2O3/c1-20-14(18)10-13-4-2-3-9-17(13)15(19)11-5-7-12(16)8-6-11/h11-13H,2-10,16H2,1H3. The summed E-state index contributed by atoms with van der Waals surface area (Å²) < 4.78 is 4.75. The van der Waals surface area contributed by atoms with Crippen LogP contribution in [0.3, 0.4) is 0 Å². The van der Waals surface area contributed by atoms with Crippen molar-refractivity contribution < 1.29 is 14.3 Å². The number of rotatable bonds is 3. The first-order valence-corrected chi connectivity index (χ1v) is 7.74. The molecule has 1 heterocycles. The molecule has 2 fully saturated rings. The van der Waals surface area contributed by atoms with Crippen LogP contribution in [0.1, 0.15) is 51.4 Å². The third kappa shape index (κ3) is 3.72. The largest absolute Gasteiger partial charge is 0.469 e. The molecular weight excluding hydrogens is 256 g/mol. The van der Waals surface area contributed by atoms with E-state index in [-0.39, 0.29) is 29.9 Å². The second-order valence-corrected chi connectivity index (χ2v) is 6.07. The Bertz CT molecular complexity index is 351. The molecule has 1 aliphatic carbocycles. The molecule has 1 aliphatic heterocycles. The molecule has 1 atom stereocenters. The number of carbonyl (C=O) groups is 2. The van der Waals surface area contributed by atoms with Crippen LogP contribution in [0.5, 0.6) is 0 Å². The Hall–Kier alpha value is -1.10. The summed E-state index contributed by atoms with van der Waals surface area (Å²) in [6, 6.07) is 0.283. The van der Waals surface area contributed by atoms with E-state index in [1.807, 2.05) is 4.90 Å². The smallest absolute Gasteiger partial charge is 0.307 e. The SMILES string of the molecule is COC(=O)CC1CCCCN1C(=O)C1CCC(N)CC1. The molecule has 2 rings (SSSR count). The lowest BCUT2D eigenvalue weighted by Gasteiger charge is -2.38. The van der Waals surface area contributed by atoms with Gasteiger partial charge in [0.15, 0.2) is 0 Å². The average Bonchev–Trinajstić information content (AvgIpc) is 2.48. The molecule has 1 amide bonds. The Morgan fingerprint density at radius 1 is 1.15 bits per heavy atom. The second-order valence-electron chi connectivity index (χ2n) is 6.07. The van der Waals surface area contributed by atoms with Gasteiger partial charge in [-0.15, -0.1) is 0 Å². The van der Waals surface area contributed by atoms with Crippen LogP contribution in [-0.4, -0.2) is 42.5 Å². The van der Waals surface area contributed by atoms with Crippen molar-refractivity contribution >= 4 is 11.9 Å². The molecule has 0 radical (unpaired) electrons. The molecule has 0 aromatic heterocycles. The average molecular weight is 282 g/mol. The van der Waals surface area contributed by atoms with E-state index in [1.54, 1.807) is 0 Å². The first-order valence-electron chi connectivity index (χ1n) is 7.74. The van der Waals surface area contributed by atoms with Gasteiger partial charge in [-0.05, 0) is 44.9 Å². The Kier molecular flexibility index (Phi) is 5.40. The maximum atomic E-state index is 12.7. The summed E-state index contributed by atoms with van der Waals surface area (Å²) in [4.78, 5) is 26.1. The fraction of sp³-hybridized carbons (Fsp3) is 0.867. The molecule has 2 N–H and O–H groups in total. The van der Waals surface area contributed by atoms with Crippen LogP contribution in [0.25, 0.3) is 0 Å². The molecule has 5 heteroatoms. The number of methoxy groups -OCH3 is 1. The monoisotopic (exact) mass is 282 g/mol. The van der Waals surface area contributed by atoms with E-state index in [4.69, 9.17) is 10.5 Å². The van der Waals surface area contributed by atoms with Gasteiger partial charge in [-0.1, -0.05) is 0 Å². The van der Waals surface area contributed by atoms with Crippen LogP contribution >= 0.6 is 0 Å². The van der Waals surface area contributed by atoms with Gasteiger partial charge >= 0.3 is 5.97 Å². The topological polar surface area (TPSA) is 72.6 Å². The molecule has 0 bridgehead atoms. The van der Waals surface area contributed by atoms with Crippen molar-refractivity contribution in [2.24, 2.45) is 11.7 Å². The third-order valence-corrected chi connectivity index (χ3v) is 4.66. The molecule has 0 aromatic rings. The van der Waals surface area contributed by atoms with Crippen LogP contribution in [0, 0.1) is 5.92 Å². The maximum absolute atomic E-state index is 12.7. The lowest BCUT2D eigenvalue weighted by Crippen LogP contribution is -2.48. The number of likely N-dealkylation sites (tertiary alicyclic amines) is 1. The van der Waals surface area contributed by atoms with Gasteiger partial charge in [0.05, 0.1) is 13.5 Å². The summed E-state index contributed by atoms with van der Waals surface area (Å²) in [7, 11) is 1.40. The van der Waals surface area contributed by atoms with E-state index in [9.17, 15) is 9.59 Å². The van der Waals surface area contributed by atoms with Gasteiger partial charge in [0.2, 0.25) is 5.91 Å². The first-order chi connectivity index (χ1) is 9.61. The number of esters is 1. The Morgan fingerprint density at radius 3 is 2.50 bits per heavy atom. The highest BCUT2D eigenvalue weighted by Gasteiger charge is 2.34. The fourth-order valence-corrected chi connectivity index (χ4v) is 3.38. The van der Waals surface area contributed by atoms with Crippen LogP contribution in [0.15, 0.2) is 0 Å². The molecule has 5 nitrogen and oxygen atoms in total. The highest BCUT2D eigenvalue weighted by atomic mass is 16.5. The maximum Gasteiger partial charge on any atom is 0.307 e. The summed E-state index contributed by atoms with van der Waals surface area (Å²) in [5.41, 5.74) is 5.90. The number of ether oxygens (including phenoxy) is 1. The minimum atomic E-state index is -0.222. The number of amides is 1. The summed E-state index contributed by atoms with van der Waals surface area (Å²) in [6.45, 7) is 0.781. The van der Waals surface area contributed by atoms with Gasteiger partial charge in [0, 0.05) is 24.5 Å². The van der Waals surface area contributed by atoms with Gasteiger partial charge in [-0.25, -0.2) is 0 Å². The third-order valence-electron chi connectivity index (χ3n) is 4.66. The Labute approximate surface area is 120 Å².